The minimum atomic E-state index is -0.587. The molecule has 0 fully saturated rings. The van der Waals surface area contributed by atoms with E-state index in [4.69, 9.17) is 4.74 Å². The Morgan fingerprint density at radius 1 is 1.33 bits per heavy atom. The number of hydrogen-bond donors (Lipinski definition) is 1. The fourth-order valence-electron chi connectivity index (χ4n) is 2.60. The quantitative estimate of drug-likeness (QED) is 0.850. The van der Waals surface area contributed by atoms with Gasteiger partial charge in [-0.15, -0.1) is 0 Å². The van der Waals surface area contributed by atoms with Crippen molar-refractivity contribution in [1.82, 2.24) is 4.57 Å². The predicted molar refractivity (Wildman–Crippen MR) is 88.5 cm³/mol. The Morgan fingerprint density at radius 2 is 1.96 bits per heavy atom. The summed E-state index contributed by atoms with van der Waals surface area (Å²) in [5.41, 5.74) is 0.267. The number of ether oxygens (including phenoxy) is 1. The Morgan fingerprint density at radius 3 is 2.46 bits per heavy atom. The molecule has 1 aromatic heterocycles. The lowest BCUT2D eigenvalue weighted by molar-refractivity contribution is 0.0988. The van der Waals surface area contributed by atoms with Crippen LogP contribution < -0.4 is 10.3 Å². The van der Waals surface area contributed by atoms with Gasteiger partial charge in [0.15, 0.2) is 5.78 Å². The molecule has 0 unspecified atom stereocenters. The standard InChI is InChI=1S/C18H18N2O4/c1-4-20-17(22)14(10-19)11(2)16(18(20)23)15(21)9-12-5-7-13(24-3)8-6-12/h5-8,23H,4,9H2,1-3H3. The van der Waals surface area contributed by atoms with Gasteiger partial charge in [0.1, 0.15) is 17.4 Å². The van der Waals surface area contributed by atoms with E-state index in [2.05, 4.69) is 0 Å². The van der Waals surface area contributed by atoms with Crippen molar-refractivity contribution in [1.29, 1.82) is 5.26 Å². The highest BCUT2D eigenvalue weighted by Gasteiger charge is 2.23. The molecule has 6 nitrogen and oxygen atoms in total. The highest BCUT2D eigenvalue weighted by Crippen LogP contribution is 2.24. The lowest BCUT2D eigenvalue weighted by Crippen LogP contribution is -2.26. The number of rotatable bonds is 5. The van der Waals surface area contributed by atoms with E-state index in [1.165, 1.54) is 6.92 Å². The van der Waals surface area contributed by atoms with Gasteiger partial charge >= 0.3 is 0 Å². The maximum Gasteiger partial charge on any atom is 0.271 e. The van der Waals surface area contributed by atoms with Crippen molar-refractivity contribution in [3.8, 4) is 17.7 Å². The number of nitrogens with zero attached hydrogens (tertiary/aromatic N) is 2. The first-order valence-corrected chi connectivity index (χ1v) is 7.47. The second-order valence-electron chi connectivity index (χ2n) is 5.31. The van der Waals surface area contributed by atoms with Crippen LogP contribution in [0.25, 0.3) is 0 Å². The third-order valence-corrected chi connectivity index (χ3v) is 3.92. The van der Waals surface area contributed by atoms with Crippen LogP contribution in [0, 0.1) is 18.3 Å². The number of hydrogen-bond acceptors (Lipinski definition) is 5. The number of methoxy groups -OCH3 is 1. The van der Waals surface area contributed by atoms with E-state index >= 15 is 0 Å². The summed E-state index contributed by atoms with van der Waals surface area (Å²) in [5.74, 6) is -0.0668. The number of benzene rings is 1. The maximum absolute atomic E-state index is 12.6. The molecule has 0 spiro atoms. The number of carbonyl (C=O) groups excluding carboxylic acids is 1. The van der Waals surface area contributed by atoms with Gasteiger partial charge in [-0.3, -0.25) is 14.2 Å². The number of nitriles is 1. The van der Waals surface area contributed by atoms with Gasteiger partial charge in [0.2, 0.25) is 5.88 Å². The van der Waals surface area contributed by atoms with Gasteiger partial charge in [0.25, 0.3) is 5.56 Å². The minimum Gasteiger partial charge on any atom is -0.497 e. The Kier molecular flexibility index (Phi) is 5.05. The summed E-state index contributed by atoms with van der Waals surface area (Å²) >= 11 is 0. The van der Waals surface area contributed by atoms with Gasteiger partial charge in [0.05, 0.1) is 12.7 Å². The van der Waals surface area contributed by atoms with Crippen LogP contribution in [0.2, 0.25) is 0 Å². The maximum atomic E-state index is 12.6. The smallest absolute Gasteiger partial charge is 0.271 e. The van der Waals surface area contributed by atoms with E-state index in [-0.39, 0.29) is 35.4 Å². The normalized spacial score (nSPS) is 10.2. The molecule has 0 atom stereocenters. The van der Waals surface area contributed by atoms with Crippen LogP contribution in [0.1, 0.15) is 34.0 Å². The van der Waals surface area contributed by atoms with Crippen LogP contribution in [-0.4, -0.2) is 22.6 Å². The molecule has 6 heteroatoms. The molecule has 0 aliphatic carbocycles. The molecule has 0 bridgehead atoms. The molecule has 124 valence electrons. The summed E-state index contributed by atoms with van der Waals surface area (Å²) in [6, 6.07) is 8.81. The second kappa shape index (κ2) is 7.01. The Hall–Kier alpha value is -3.07. The van der Waals surface area contributed by atoms with Gasteiger partial charge in [0, 0.05) is 13.0 Å². The summed E-state index contributed by atoms with van der Waals surface area (Å²) in [7, 11) is 1.55. The third-order valence-electron chi connectivity index (χ3n) is 3.92. The highest BCUT2D eigenvalue weighted by atomic mass is 16.5. The van der Waals surface area contributed by atoms with Gasteiger partial charge in [-0.25, -0.2) is 0 Å². The predicted octanol–water partition coefficient (Wildman–Crippen LogP) is 2.19. The fourth-order valence-corrected chi connectivity index (χ4v) is 2.60. The summed E-state index contributed by atoms with van der Waals surface area (Å²) in [4.78, 5) is 24.8. The molecular weight excluding hydrogens is 308 g/mol. The molecule has 0 aliphatic heterocycles. The van der Waals surface area contributed by atoms with Crippen molar-refractivity contribution in [2.75, 3.05) is 7.11 Å². The zero-order valence-corrected chi connectivity index (χ0v) is 13.8. The molecule has 0 aliphatic rings. The molecule has 24 heavy (non-hydrogen) atoms. The van der Waals surface area contributed by atoms with Crippen molar-refractivity contribution in [3.05, 3.63) is 56.9 Å². The summed E-state index contributed by atoms with van der Waals surface area (Å²) in [6.45, 7) is 3.33. The molecular formula is C18H18N2O4. The Balaban J connectivity index is 2.49. The van der Waals surface area contributed by atoms with E-state index in [1.807, 2.05) is 6.07 Å². The van der Waals surface area contributed by atoms with Crippen molar-refractivity contribution < 1.29 is 14.6 Å². The lowest BCUT2D eigenvalue weighted by Gasteiger charge is -2.14. The van der Waals surface area contributed by atoms with Crippen molar-refractivity contribution in [2.45, 2.75) is 26.8 Å². The summed E-state index contributed by atoms with van der Waals surface area (Å²) < 4.78 is 6.11. The zero-order chi connectivity index (χ0) is 17.9. The first-order chi connectivity index (χ1) is 11.4. The first-order valence-electron chi connectivity index (χ1n) is 7.47. The van der Waals surface area contributed by atoms with E-state index in [9.17, 15) is 20.0 Å². The topological polar surface area (TPSA) is 92.3 Å². The van der Waals surface area contributed by atoms with E-state index in [0.29, 0.717) is 5.75 Å². The number of Topliss-reactive ketones (excluding diaryl/α,β-unsaturated/α-hetero) is 1. The zero-order valence-electron chi connectivity index (χ0n) is 13.8. The van der Waals surface area contributed by atoms with Crippen LogP contribution >= 0.6 is 0 Å². The molecule has 2 aromatic rings. The third kappa shape index (κ3) is 3.01. The molecule has 0 saturated heterocycles. The number of ketones is 1. The average molecular weight is 326 g/mol. The average Bonchev–Trinajstić information content (AvgIpc) is 2.56. The van der Waals surface area contributed by atoms with Gasteiger partial charge < -0.3 is 9.84 Å². The molecule has 2 rings (SSSR count). The van der Waals surface area contributed by atoms with Crippen LogP contribution in [0.15, 0.2) is 29.1 Å². The van der Waals surface area contributed by atoms with Gasteiger partial charge in [-0.1, -0.05) is 12.1 Å². The summed E-state index contributed by atoms with van der Waals surface area (Å²) in [5, 5.41) is 19.5. The lowest BCUT2D eigenvalue weighted by atomic mass is 9.97. The molecule has 0 saturated carbocycles. The number of carbonyl (C=O) groups is 1. The molecule has 1 N–H and O–H groups in total. The number of aromatic nitrogens is 1. The van der Waals surface area contributed by atoms with Gasteiger partial charge in [-0.05, 0) is 37.1 Å². The van der Waals surface area contributed by atoms with E-state index < -0.39 is 11.4 Å². The molecule has 0 amide bonds. The van der Waals surface area contributed by atoms with Crippen molar-refractivity contribution in [3.63, 3.8) is 0 Å². The van der Waals surface area contributed by atoms with Crippen LogP contribution in [-0.2, 0) is 13.0 Å². The Labute approximate surface area is 139 Å². The first kappa shape index (κ1) is 17.3. The second-order valence-corrected chi connectivity index (χ2v) is 5.31. The number of aromatic hydroxyl groups is 1. The molecule has 0 radical (unpaired) electrons. The van der Waals surface area contributed by atoms with E-state index in [0.717, 1.165) is 10.1 Å². The van der Waals surface area contributed by atoms with Gasteiger partial charge in [-0.2, -0.15) is 5.26 Å². The highest BCUT2D eigenvalue weighted by molar-refractivity contribution is 6.01. The minimum absolute atomic E-state index is 0.0174. The monoisotopic (exact) mass is 326 g/mol. The SMILES string of the molecule is CCn1c(O)c(C(=O)Cc2ccc(OC)cc2)c(C)c(C#N)c1=O. The largest absolute Gasteiger partial charge is 0.497 e. The Bertz CT molecular complexity index is 874. The van der Waals surface area contributed by atoms with Crippen LogP contribution in [0.4, 0.5) is 0 Å². The number of pyridine rings is 1. The van der Waals surface area contributed by atoms with E-state index in [1.54, 1.807) is 38.3 Å². The van der Waals surface area contributed by atoms with Crippen molar-refractivity contribution >= 4 is 5.78 Å². The fraction of sp³-hybridized carbons (Fsp3) is 0.278. The summed E-state index contributed by atoms with van der Waals surface area (Å²) in [6.07, 6.45) is 0.0468. The van der Waals surface area contributed by atoms with Crippen LogP contribution in [0.5, 0.6) is 11.6 Å². The van der Waals surface area contributed by atoms with Crippen molar-refractivity contribution in [2.24, 2.45) is 0 Å². The molecule has 1 heterocycles. The molecule has 1 aromatic carbocycles. The van der Waals surface area contributed by atoms with Crippen LogP contribution in [0.3, 0.4) is 0 Å².